The molecule has 1 amide bonds. The smallest absolute Gasteiger partial charge is 0.251 e. The molecule has 1 saturated heterocycles. The molecule has 0 spiro atoms. The van der Waals surface area contributed by atoms with Crippen LogP contribution in [0.4, 0.5) is 5.82 Å². The number of piperidine rings is 1. The van der Waals surface area contributed by atoms with E-state index in [0.717, 1.165) is 29.9 Å². The lowest BCUT2D eigenvalue weighted by molar-refractivity contribution is 0.0922. The van der Waals surface area contributed by atoms with Crippen LogP contribution in [-0.2, 0) is 18.0 Å². The number of hydrogen-bond acceptors (Lipinski definition) is 5. The van der Waals surface area contributed by atoms with Crippen molar-refractivity contribution in [1.29, 1.82) is 0 Å². The minimum atomic E-state index is -0.0377. The van der Waals surface area contributed by atoms with E-state index in [4.69, 9.17) is 4.74 Å². The van der Waals surface area contributed by atoms with Crippen molar-refractivity contribution in [3.8, 4) is 0 Å². The Balaban J connectivity index is 1.42. The minimum Gasteiger partial charge on any atom is -0.372 e. The maximum absolute atomic E-state index is 13.3. The van der Waals surface area contributed by atoms with Gasteiger partial charge in [0.25, 0.3) is 5.91 Å². The van der Waals surface area contributed by atoms with Crippen molar-refractivity contribution < 1.29 is 9.53 Å². The zero-order valence-corrected chi connectivity index (χ0v) is 16.7. The number of carbonyl (C=O) groups excluding carboxylic acids is 1. The van der Waals surface area contributed by atoms with Gasteiger partial charge in [0.2, 0.25) is 0 Å². The summed E-state index contributed by atoms with van der Waals surface area (Å²) >= 11 is 0. The quantitative estimate of drug-likeness (QED) is 0.728. The maximum Gasteiger partial charge on any atom is 0.251 e. The molecule has 1 fully saturated rings. The fourth-order valence-electron chi connectivity index (χ4n) is 4.52. The van der Waals surface area contributed by atoms with E-state index in [-0.39, 0.29) is 17.9 Å². The monoisotopic (exact) mass is 400 g/mol. The number of nitrogens with one attached hydrogen (secondary N) is 1. The minimum absolute atomic E-state index is 0.0335. The van der Waals surface area contributed by atoms with Gasteiger partial charge >= 0.3 is 0 Å². The predicted octanol–water partition coefficient (Wildman–Crippen LogP) is 3.30. The number of fused-ring (bicyclic) bond motifs is 1. The first-order chi connectivity index (χ1) is 14.8. The van der Waals surface area contributed by atoms with Crippen LogP contribution in [0.1, 0.15) is 39.4 Å². The molecule has 2 aliphatic rings. The van der Waals surface area contributed by atoms with Gasteiger partial charge in [-0.15, -0.1) is 0 Å². The summed E-state index contributed by atoms with van der Waals surface area (Å²) in [6.45, 7) is 2.64. The first-order valence-electron chi connectivity index (χ1n) is 10.3. The highest BCUT2D eigenvalue weighted by Crippen LogP contribution is 2.31. The molecule has 0 radical (unpaired) electrons. The Morgan fingerprint density at radius 2 is 1.97 bits per heavy atom. The average molecular weight is 400 g/mol. The van der Waals surface area contributed by atoms with E-state index in [0.29, 0.717) is 25.3 Å². The summed E-state index contributed by atoms with van der Waals surface area (Å²) in [6.07, 6.45) is 6.10. The molecule has 2 aliphatic heterocycles. The van der Waals surface area contributed by atoms with E-state index < -0.39 is 0 Å². The summed E-state index contributed by atoms with van der Waals surface area (Å²) in [5.74, 6) is 1.05. The molecule has 3 heterocycles. The zero-order chi connectivity index (χ0) is 20.3. The van der Waals surface area contributed by atoms with Gasteiger partial charge in [0, 0.05) is 37.0 Å². The third-order valence-corrected chi connectivity index (χ3v) is 6.05. The van der Waals surface area contributed by atoms with E-state index in [1.54, 1.807) is 18.6 Å². The number of carbonyl (C=O) groups is 1. The fourth-order valence-corrected chi connectivity index (χ4v) is 4.52. The van der Waals surface area contributed by atoms with Gasteiger partial charge in [-0.1, -0.05) is 42.5 Å². The summed E-state index contributed by atoms with van der Waals surface area (Å²) in [5.41, 5.74) is 4.08. The molecular formula is C24H24N4O2. The third kappa shape index (κ3) is 3.66. The summed E-state index contributed by atoms with van der Waals surface area (Å²) < 4.78 is 5.56. The molecule has 0 unspecified atom stereocenters. The highest BCUT2D eigenvalue weighted by Gasteiger charge is 2.33. The molecule has 5 rings (SSSR count). The molecule has 6 heteroatoms. The lowest BCUT2D eigenvalue weighted by Crippen LogP contribution is -2.52. The van der Waals surface area contributed by atoms with Crippen LogP contribution in [0.5, 0.6) is 0 Å². The summed E-state index contributed by atoms with van der Waals surface area (Å²) in [5, 5.41) is 3.33. The van der Waals surface area contributed by atoms with Gasteiger partial charge in [0.05, 0.1) is 25.5 Å². The second-order valence-corrected chi connectivity index (χ2v) is 7.83. The number of anilines is 1. The Morgan fingerprint density at radius 3 is 2.80 bits per heavy atom. The highest BCUT2D eigenvalue weighted by atomic mass is 16.5. The zero-order valence-electron chi connectivity index (χ0n) is 16.7. The molecule has 0 aliphatic carbocycles. The number of benzene rings is 2. The molecule has 152 valence electrons. The molecule has 0 bridgehead atoms. The molecule has 3 aromatic rings. The molecule has 2 atom stereocenters. The Kier molecular flexibility index (Phi) is 5.15. The predicted molar refractivity (Wildman–Crippen MR) is 114 cm³/mol. The normalized spacial score (nSPS) is 20.6. The van der Waals surface area contributed by atoms with Gasteiger partial charge in [-0.3, -0.25) is 9.78 Å². The molecule has 0 saturated carbocycles. The standard InChI is InChI=1S/C24H24N4O2/c29-24(20-8-4-7-18-15-30-16-21(18)20)27-22-14-28(23-13-25-10-11-26-23)12-9-19(22)17-5-2-1-3-6-17/h1-8,10-11,13,19,22H,9,12,14-16H2,(H,27,29)/t19-,22-/m0/s1. The number of amides is 1. The van der Waals surface area contributed by atoms with Gasteiger partial charge in [-0.05, 0) is 29.2 Å². The Morgan fingerprint density at radius 1 is 1.07 bits per heavy atom. The largest absolute Gasteiger partial charge is 0.372 e. The Labute approximate surface area is 175 Å². The van der Waals surface area contributed by atoms with Crippen molar-refractivity contribution in [1.82, 2.24) is 15.3 Å². The van der Waals surface area contributed by atoms with E-state index in [1.807, 2.05) is 24.3 Å². The van der Waals surface area contributed by atoms with Crippen molar-refractivity contribution in [3.63, 3.8) is 0 Å². The second-order valence-electron chi connectivity index (χ2n) is 7.83. The van der Waals surface area contributed by atoms with E-state index in [9.17, 15) is 4.79 Å². The van der Waals surface area contributed by atoms with Crippen molar-refractivity contribution >= 4 is 11.7 Å². The van der Waals surface area contributed by atoms with Gasteiger partial charge < -0.3 is 15.0 Å². The Bertz CT molecular complexity index is 1030. The van der Waals surface area contributed by atoms with Crippen LogP contribution in [0.25, 0.3) is 0 Å². The molecule has 1 aromatic heterocycles. The molecule has 1 N–H and O–H groups in total. The summed E-state index contributed by atoms with van der Waals surface area (Å²) in [4.78, 5) is 24.1. The third-order valence-electron chi connectivity index (χ3n) is 6.05. The number of rotatable bonds is 4. The van der Waals surface area contributed by atoms with Gasteiger partial charge in [-0.2, -0.15) is 0 Å². The molecule has 30 heavy (non-hydrogen) atoms. The van der Waals surface area contributed by atoms with Gasteiger partial charge in [0.1, 0.15) is 5.82 Å². The van der Waals surface area contributed by atoms with Crippen LogP contribution < -0.4 is 10.2 Å². The first-order valence-corrected chi connectivity index (χ1v) is 10.3. The van der Waals surface area contributed by atoms with Gasteiger partial charge in [-0.25, -0.2) is 4.98 Å². The van der Waals surface area contributed by atoms with Crippen LogP contribution in [0, 0.1) is 0 Å². The van der Waals surface area contributed by atoms with Crippen LogP contribution in [0.2, 0.25) is 0 Å². The van der Waals surface area contributed by atoms with Crippen LogP contribution >= 0.6 is 0 Å². The number of nitrogens with zero attached hydrogens (tertiary/aromatic N) is 3. The van der Waals surface area contributed by atoms with Crippen LogP contribution in [0.3, 0.4) is 0 Å². The number of aromatic nitrogens is 2. The number of ether oxygens (including phenoxy) is 1. The topological polar surface area (TPSA) is 67.4 Å². The average Bonchev–Trinajstić information content (AvgIpc) is 3.29. The second kappa shape index (κ2) is 8.24. The van der Waals surface area contributed by atoms with Crippen molar-refractivity contribution in [2.45, 2.75) is 31.6 Å². The lowest BCUT2D eigenvalue weighted by Gasteiger charge is -2.39. The summed E-state index contributed by atoms with van der Waals surface area (Å²) in [7, 11) is 0. The van der Waals surface area contributed by atoms with E-state index in [2.05, 4.69) is 44.5 Å². The summed E-state index contributed by atoms with van der Waals surface area (Å²) in [6, 6.07) is 16.3. The lowest BCUT2D eigenvalue weighted by atomic mass is 9.85. The molecule has 2 aromatic carbocycles. The van der Waals surface area contributed by atoms with E-state index >= 15 is 0 Å². The van der Waals surface area contributed by atoms with Crippen molar-refractivity contribution in [3.05, 3.63) is 89.4 Å². The first kappa shape index (κ1) is 18.8. The van der Waals surface area contributed by atoms with Crippen molar-refractivity contribution in [2.75, 3.05) is 18.0 Å². The van der Waals surface area contributed by atoms with E-state index in [1.165, 1.54) is 5.56 Å². The molecular weight excluding hydrogens is 376 g/mol. The van der Waals surface area contributed by atoms with Gasteiger partial charge in [0.15, 0.2) is 0 Å². The number of hydrogen-bond donors (Lipinski definition) is 1. The fraction of sp³-hybridized carbons (Fsp3) is 0.292. The molecule has 6 nitrogen and oxygen atoms in total. The maximum atomic E-state index is 13.3. The van der Waals surface area contributed by atoms with Crippen LogP contribution in [-0.4, -0.2) is 35.0 Å². The van der Waals surface area contributed by atoms with Crippen LogP contribution in [0.15, 0.2) is 67.1 Å². The van der Waals surface area contributed by atoms with Crippen molar-refractivity contribution in [2.24, 2.45) is 0 Å². The SMILES string of the molecule is O=C(N[C@H]1CN(c2cnccn2)CC[C@H]1c1ccccc1)c1cccc2c1COC2. The highest BCUT2D eigenvalue weighted by molar-refractivity contribution is 5.96. The Hall–Kier alpha value is -3.25.